The summed E-state index contributed by atoms with van der Waals surface area (Å²) in [5.74, 6) is 0.498. The number of benzene rings is 2. The van der Waals surface area contributed by atoms with Gasteiger partial charge in [0.2, 0.25) is 17.6 Å². The number of amides is 1. The van der Waals surface area contributed by atoms with Gasteiger partial charge in [0.25, 0.3) is 0 Å². The number of hydrogen-bond donors (Lipinski definition) is 1. The first kappa shape index (κ1) is 17.9. The third kappa shape index (κ3) is 4.37. The van der Waals surface area contributed by atoms with Gasteiger partial charge in [0.05, 0.1) is 12.1 Å². The Morgan fingerprint density at radius 1 is 1.31 bits per heavy atom. The van der Waals surface area contributed by atoms with Gasteiger partial charge in [0.1, 0.15) is 11.6 Å². The number of halogens is 2. The van der Waals surface area contributed by atoms with Gasteiger partial charge in [-0.25, -0.2) is 4.39 Å². The molecule has 0 aliphatic rings. The van der Waals surface area contributed by atoms with Crippen molar-refractivity contribution in [3.63, 3.8) is 0 Å². The largest absolute Gasteiger partial charge is 0.495 e. The second kappa shape index (κ2) is 7.97. The summed E-state index contributed by atoms with van der Waals surface area (Å²) in [6.07, 6.45) is 0.409. The number of ether oxygens (including phenoxy) is 1. The lowest BCUT2D eigenvalue weighted by Gasteiger charge is -2.07. The van der Waals surface area contributed by atoms with Crippen molar-refractivity contribution >= 4 is 23.2 Å². The molecule has 0 aliphatic carbocycles. The molecule has 0 spiro atoms. The predicted molar refractivity (Wildman–Crippen MR) is 94.6 cm³/mol. The molecule has 0 bridgehead atoms. The molecule has 0 unspecified atom stereocenters. The normalized spacial score (nSPS) is 10.6. The number of aryl methyl sites for hydroxylation is 1. The van der Waals surface area contributed by atoms with Gasteiger partial charge >= 0.3 is 0 Å². The zero-order chi connectivity index (χ0) is 18.5. The van der Waals surface area contributed by atoms with Crippen LogP contribution >= 0.6 is 11.6 Å². The molecule has 0 aliphatic heterocycles. The summed E-state index contributed by atoms with van der Waals surface area (Å²) in [4.78, 5) is 16.2. The van der Waals surface area contributed by atoms with Crippen LogP contribution in [0.15, 0.2) is 47.0 Å². The van der Waals surface area contributed by atoms with Crippen molar-refractivity contribution in [2.75, 3.05) is 12.4 Å². The average Bonchev–Trinajstić information content (AvgIpc) is 3.09. The summed E-state index contributed by atoms with van der Waals surface area (Å²) >= 11 is 6.02. The van der Waals surface area contributed by atoms with E-state index in [9.17, 15) is 9.18 Å². The molecule has 0 saturated heterocycles. The van der Waals surface area contributed by atoms with E-state index in [-0.39, 0.29) is 30.4 Å². The molecule has 6 nitrogen and oxygen atoms in total. The van der Waals surface area contributed by atoms with Crippen molar-refractivity contribution in [2.45, 2.75) is 12.8 Å². The summed E-state index contributed by atoms with van der Waals surface area (Å²) in [6, 6.07) is 10.9. The van der Waals surface area contributed by atoms with Crippen molar-refractivity contribution < 1.29 is 18.4 Å². The first-order valence-corrected chi connectivity index (χ1v) is 8.15. The lowest BCUT2D eigenvalue weighted by Crippen LogP contribution is -2.12. The van der Waals surface area contributed by atoms with Gasteiger partial charge in [0, 0.05) is 24.1 Å². The smallest absolute Gasteiger partial charge is 0.227 e. The van der Waals surface area contributed by atoms with Crippen LogP contribution in [0.1, 0.15) is 12.3 Å². The van der Waals surface area contributed by atoms with Crippen LogP contribution in [0.3, 0.4) is 0 Å². The first-order chi connectivity index (χ1) is 12.5. The highest BCUT2D eigenvalue weighted by molar-refractivity contribution is 6.32. The van der Waals surface area contributed by atoms with E-state index in [1.165, 1.54) is 19.2 Å². The molecule has 1 heterocycles. The Morgan fingerprint density at radius 2 is 2.15 bits per heavy atom. The molecule has 0 radical (unpaired) electrons. The fraction of sp³-hybridized carbons (Fsp3) is 0.167. The van der Waals surface area contributed by atoms with Gasteiger partial charge in [-0.1, -0.05) is 28.9 Å². The molecule has 1 aromatic heterocycles. The Hall–Kier alpha value is -2.93. The highest BCUT2D eigenvalue weighted by Crippen LogP contribution is 2.27. The van der Waals surface area contributed by atoms with Gasteiger partial charge in [-0.3, -0.25) is 4.79 Å². The summed E-state index contributed by atoms with van der Waals surface area (Å²) in [5, 5.41) is 6.94. The Kier molecular flexibility index (Phi) is 5.48. The zero-order valence-corrected chi connectivity index (χ0v) is 14.6. The van der Waals surface area contributed by atoms with Gasteiger partial charge in [-0.05, 0) is 30.3 Å². The SMILES string of the molecule is COc1ccc(NC(=O)CCc2nc(-c3cccc(F)c3)no2)cc1Cl. The maximum atomic E-state index is 13.2. The number of nitrogens with one attached hydrogen (secondary N) is 1. The summed E-state index contributed by atoms with van der Waals surface area (Å²) in [5.41, 5.74) is 1.07. The molecule has 3 aromatic rings. The first-order valence-electron chi connectivity index (χ1n) is 7.77. The quantitative estimate of drug-likeness (QED) is 0.701. The fourth-order valence-electron chi connectivity index (χ4n) is 2.29. The second-order valence-electron chi connectivity index (χ2n) is 5.42. The molecular weight excluding hydrogens is 361 g/mol. The van der Waals surface area contributed by atoms with Crippen molar-refractivity contribution in [1.82, 2.24) is 10.1 Å². The van der Waals surface area contributed by atoms with Crippen LogP contribution in [0, 0.1) is 5.82 Å². The van der Waals surface area contributed by atoms with Gasteiger partial charge in [-0.15, -0.1) is 0 Å². The lowest BCUT2D eigenvalue weighted by molar-refractivity contribution is -0.116. The van der Waals surface area contributed by atoms with Crippen molar-refractivity contribution in [1.29, 1.82) is 0 Å². The van der Waals surface area contributed by atoms with Crippen molar-refractivity contribution in [3.05, 3.63) is 59.2 Å². The van der Waals surface area contributed by atoms with Crippen molar-refractivity contribution in [3.8, 4) is 17.1 Å². The number of nitrogens with zero attached hydrogens (tertiary/aromatic N) is 2. The molecule has 134 valence electrons. The molecule has 1 N–H and O–H groups in total. The fourth-order valence-corrected chi connectivity index (χ4v) is 2.55. The maximum absolute atomic E-state index is 13.2. The minimum atomic E-state index is -0.383. The highest BCUT2D eigenvalue weighted by Gasteiger charge is 2.12. The van der Waals surface area contributed by atoms with Crippen LogP contribution in [0.25, 0.3) is 11.4 Å². The third-order valence-corrected chi connectivity index (χ3v) is 3.85. The Labute approximate surface area is 153 Å². The van der Waals surface area contributed by atoms with Crippen molar-refractivity contribution in [2.24, 2.45) is 0 Å². The molecule has 1 amide bonds. The van der Waals surface area contributed by atoms with Gasteiger partial charge in [0.15, 0.2) is 0 Å². The van der Waals surface area contributed by atoms with Crippen LogP contribution in [-0.2, 0) is 11.2 Å². The predicted octanol–water partition coefficient (Wildman–Crippen LogP) is 4.11. The minimum Gasteiger partial charge on any atom is -0.495 e. The number of rotatable bonds is 6. The van der Waals surface area contributed by atoms with E-state index in [0.29, 0.717) is 27.9 Å². The van der Waals surface area contributed by atoms with E-state index in [1.54, 1.807) is 30.3 Å². The van der Waals surface area contributed by atoms with Crippen LogP contribution < -0.4 is 10.1 Å². The molecule has 0 atom stereocenters. The average molecular weight is 376 g/mol. The zero-order valence-electron chi connectivity index (χ0n) is 13.8. The standard InChI is InChI=1S/C18H15ClFN3O3/c1-25-15-6-5-13(10-14(15)19)21-16(24)7-8-17-22-18(23-26-17)11-3-2-4-12(20)9-11/h2-6,9-10H,7-8H2,1H3,(H,21,24). The van der Waals surface area contributed by atoms with E-state index >= 15 is 0 Å². The number of carbonyl (C=O) groups excluding carboxylic acids is 1. The van der Waals surface area contributed by atoms with Gasteiger partial charge in [-0.2, -0.15) is 4.98 Å². The summed E-state index contributed by atoms with van der Waals surface area (Å²) in [7, 11) is 1.52. The van der Waals surface area contributed by atoms with Gasteiger partial charge < -0.3 is 14.6 Å². The molecular formula is C18H15ClFN3O3. The number of carbonyl (C=O) groups is 1. The maximum Gasteiger partial charge on any atom is 0.227 e. The molecule has 0 fully saturated rings. The topological polar surface area (TPSA) is 77.2 Å². The number of aromatic nitrogens is 2. The minimum absolute atomic E-state index is 0.147. The molecule has 8 heteroatoms. The Balaban J connectivity index is 1.57. The molecule has 0 saturated carbocycles. The van der Waals surface area contributed by atoms with E-state index < -0.39 is 0 Å². The van der Waals surface area contributed by atoms with E-state index in [4.69, 9.17) is 20.9 Å². The number of methoxy groups -OCH3 is 1. The van der Waals surface area contributed by atoms with E-state index in [1.807, 2.05) is 0 Å². The molecule has 3 rings (SSSR count). The summed E-state index contributed by atoms with van der Waals surface area (Å²) < 4.78 is 23.4. The van der Waals surface area contributed by atoms with Crippen LogP contribution in [0.2, 0.25) is 5.02 Å². The highest BCUT2D eigenvalue weighted by atomic mass is 35.5. The molecule has 26 heavy (non-hydrogen) atoms. The van der Waals surface area contributed by atoms with Crippen LogP contribution in [0.4, 0.5) is 10.1 Å². The third-order valence-electron chi connectivity index (χ3n) is 3.55. The Morgan fingerprint density at radius 3 is 2.88 bits per heavy atom. The number of hydrogen-bond acceptors (Lipinski definition) is 5. The molecule has 2 aromatic carbocycles. The lowest BCUT2D eigenvalue weighted by atomic mass is 10.2. The van der Waals surface area contributed by atoms with E-state index in [2.05, 4.69) is 15.5 Å². The second-order valence-corrected chi connectivity index (χ2v) is 5.83. The summed E-state index contributed by atoms with van der Waals surface area (Å²) in [6.45, 7) is 0. The van der Waals surface area contributed by atoms with E-state index in [0.717, 1.165) is 0 Å². The monoisotopic (exact) mass is 375 g/mol. The number of anilines is 1. The van der Waals surface area contributed by atoms with Crippen LogP contribution in [-0.4, -0.2) is 23.2 Å². The van der Waals surface area contributed by atoms with Crippen LogP contribution in [0.5, 0.6) is 5.75 Å². The Bertz CT molecular complexity index is 930.